The minimum Gasteiger partial charge on any atom is -0.393 e. The standard InChI is InChI=1S/C19H28O2/c1-17-5-4-14-13(15(17)7-12(20)10-17)8-16(21)19-9-11(19)3-6-18(14,19)2/h11-15,20H,3-10H2,1-2H3/t11-,12+,13-,14+,15+,17-,18-,19+/m1/s1. The van der Waals surface area contributed by atoms with Crippen molar-refractivity contribution in [2.45, 2.75) is 71.3 Å². The molecule has 0 aliphatic heterocycles. The molecule has 5 fully saturated rings. The summed E-state index contributed by atoms with van der Waals surface area (Å²) in [5.74, 6) is 3.27. The normalized spacial score (nSPS) is 64.5. The third-order valence-corrected chi connectivity index (χ3v) is 9.06. The van der Waals surface area contributed by atoms with Crippen LogP contribution in [0.3, 0.4) is 0 Å². The van der Waals surface area contributed by atoms with E-state index in [-0.39, 0.29) is 11.5 Å². The Morgan fingerprint density at radius 3 is 2.67 bits per heavy atom. The van der Waals surface area contributed by atoms with Crippen LogP contribution in [-0.2, 0) is 4.79 Å². The molecule has 0 amide bonds. The summed E-state index contributed by atoms with van der Waals surface area (Å²) in [5.41, 5.74) is 0.717. The van der Waals surface area contributed by atoms with E-state index in [0.29, 0.717) is 28.4 Å². The van der Waals surface area contributed by atoms with Crippen molar-refractivity contribution >= 4 is 5.78 Å². The number of Topliss-reactive ketones (excluding diaryl/α,β-unsaturated/α-hetero) is 1. The Balaban J connectivity index is 1.56. The lowest BCUT2D eigenvalue weighted by molar-refractivity contribution is -0.149. The van der Waals surface area contributed by atoms with E-state index in [1.165, 1.54) is 32.1 Å². The number of carbonyl (C=O) groups is 1. The summed E-state index contributed by atoms with van der Waals surface area (Å²) in [4.78, 5) is 13.0. The first-order valence-electron chi connectivity index (χ1n) is 9.12. The van der Waals surface area contributed by atoms with E-state index < -0.39 is 0 Å². The topological polar surface area (TPSA) is 37.3 Å². The molecule has 2 nitrogen and oxygen atoms in total. The molecule has 116 valence electrons. The summed E-state index contributed by atoms with van der Waals surface area (Å²) < 4.78 is 0. The van der Waals surface area contributed by atoms with Gasteiger partial charge >= 0.3 is 0 Å². The molecule has 0 heterocycles. The van der Waals surface area contributed by atoms with E-state index in [4.69, 9.17) is 0 Å². The average molecular weight is 288 g/mol. The lowest BCUT2D eigenvalue weighted by Gasteiger charge is -2.57. The Kier molecular flexibility index (Phi) is 2.23. The summed E-state index contributed by atoms with van der Waals surface area (Å²) in [6.07, 6.45) is 9.03. The van der Waals surface area contributed by atoms with E-state index >= 15 is 0 Å². The molecule has 1 spiro atoms. The van der Waals surface area contributed by atoms with Gasteiger partial charge in [0.2, 0.25) is 0 Å². The molecule has 2 heteroatoms. The van der Waals surface area contributed by atoms with E-state index in [1.807, 2.05) is 0 Å². The van der Waals surface area contributed by atoms with Crippen LogP contribution in [0.1, 0.15) is 65.2 Å². The van der Waals surface area contributed by atoms with Crippen LogP contribution in [0.5, 0.6) is 0 Å². The predicted molar refractivity (Wildman–Crippen MR) is 80.6 cm³/mol. The van der Waals surface area contributed by atoms with Crippen molar-refractivity contribution < 1.29 is 9.90 Å². The Morgan fingerprint density at radius 2 is 1.90 bits per heavy atom. The molecule has 0 radical (unpaired) electrons. The third kappa shape index (κ3) is 1.30. The second-order valence-electron chi connectivity index (χ2n) is 9.62. The molecular formula is C19H28O2. The van der Waals surface area contributed by atoms with Crippen LogP contribution in [0.15, 0.2) is 0 Å². The zero-order valence-electron chi connectivity index (χ0n) is 13.4. The number of hydrogen-bond acceptors (Lipinski definition) is 2. The highest BCUT2D eigenvalue weighted by Gasteiger charge is 2.77. The van der Waals surface area contributed by atoms with E-state index in [9.17, 15) is 9.90 Å². The molecule has 0 aromatic heterocycles. The van der Waals surface area contributed by atoms with E-state index in [1.54, 1.807) is 0 Å². The van der Waals surface area contributed by atoms with Gasteiger partial charge < -0.3 is 5.11 Å². The highest BCUT2D eigenvalue weighted by molar-refractivity contribution is 5.91. The fraction of sp³-hybridized carbons (Fsp3) is 0.947. The van der Waals surface area contributed by atoms with E-state index in [0.717, 1.165) is 31.1 Å². The van der Waals surface area contributed by atoms with Gasteiger partial charge in [0, 0.05) is 11.8 Å². The Bertz CT molecular complexity index is 528. The average Bonchev–Trinajstić information content (AvgIpc) is 2.97. The van der Waals surface area contributed by atoms with Crippen LogP contribution in [0, 0.1) is 39.9 Å². The van der Waals surface area contributed by atoms with Crippen LogP contribution in [-0.4, -0.2) is 17.0 Å². The summed E-state index contributed by atoms with van der Waals surface area (Å²) in [6, 6.07) is 0. The molecule has 5 rings (SSSR count). The van der Waals surface area contributed by atoms with Crippen LogP contribution in [0.2, 0.25) is 0 Å². The second kappa shape index (κ2) is 3.58. The summed E-state index contributed by atoms with van der Waals surface area (Å²) >= 11 is 0. The monoisotopic (exact) mass is 288 g/mol. The van der Waals surface area contributed by atoms with Crippen LogP contribution >= 0.6 is 0 Å². The van der Waals surface area contributed by atoms with Crippen molar-refractivity contribution in [2.24, 2.45) is 39.9 Å². The first kappa shape index (κ1) is 13.1. The van der Waals surface area contributed by atoms with Gasteiger partial charge in [-0.3, -0.25) is 4.79 Å². The zero-order valence-corrected chi connectivity index (χ0v) is 13.4. The van der Waals surface area contributed by atoms with Crippen molar-refractivity contribution in [1.29, 1.82) is 0 Å². The molecule has 0 unspecified atom stereocenters. The maximum atomic E-state index is 13.0. The van der Waals surface area contributed by atoms with Crippen molar-refractivity contribution in [3.8, 4) is 0 Å². The fourth-order valence-electron chi connectivity index (χ4n) is 8.03. The van der Waals surface area contributed by atoms with Gasteiger partial charge in [0.25, 0.3) is 0 Å². The lowest BCUT2D eigenvalue weighted by Crippen LogP contribution is -2.54. The number of fused-ring (bicyclic) bond motifs is 4. The van der Waals surface area contributed by atoms with Crippen molar-refractivity contribution in [3.05, 3.63) is 0 Å². The molecule has 0 aromatic rings. The molecule has 5 aliphatic carbocycles. The highest BCUT2D eigenvalue weighted by atomic mass is 16.3. The van der Waals surface area contributed by atoms with Crippen LogP contribution < -0.4 is 0 Å². The Hall–Kier alpha value is -0.370. The SMILES string of the molecule is C[C@]12CC[C@H]3[C@@H](CC(=O)[C@]45C[C@H]4CC[C@]35C)[C@@H]1C[C@H](O)C2. The minimum atomic E-state index is -0.116. The smallest absolute Gasteiger partial charge is 0.140 e. The van der Waals surface area contributed by atoms with Gasteiger partial charge in [-0.15, -0.1) is 0 Å². The quantitative estimate of drug-likeness (QED) is 0.740. The zero-order chi connectivity index (χ0) is 14.6. The highest BCUT2D eigenvalue weighted by Crippen LogP contribution is 2.80. The predicted octanol–water partition coefficient (Wildman–Crippen LogP) is 3.57. The fourth-order valence-corrected chi connectivity index (χ4v) is 8.03. The number of rotatable bonds is 0. The van der Waals surface area contributed by atoms with Gasteiger partial charge in [-0.25, -0.2) is 0 Å². The van der Waals surface area contributed by atoms with Crippen LogP contribution in [0.4, 0.5) is 0 Å². The Morgan fingerprint density at radius 1 is 1.10 bits per heavy atom. The maximum Gasteiger partial charge on any atom is 0.140 e. The third-order valence-electron chi connectivity index (χ3n) is 9.06. The molecule has 21 heavy (non-hydrogen) atoms. The summed E-state index contributed by atoms with van der Waals surface area (Å²) in [6.45, 7) is 4.85. The molecular weight excluding hydrogens is 260 g/mol. The minimum absolute atomic E-state index is 0.110. The number of aliphatic hydroxyl groups excluding tert-OH is 1. The van der Waals surface area contributed by atoms with Crippen molar-refractivity contribution in [2.75, 3.05) is 0 Å². The van der Waals surface area contributed by atoms with Gasteiger partial charge in [0.05, 0.1) is 6.10 Å². The molecule has 5 aliphatic rings. The largest absolute Gasteiger partial charge is 0.393 e. The van der Waals surface area contributed by atoms with Crippen molar-refractivity contribution in [1.82, 2.24) is 0 Å². The summed E-state index contributed by atoms with van der Waals surface area (Å²) in [7, 11) is 0. The second-order valence-corrected chi connectivity index (χ2v) is 9.62. The number of carbonyl (C=O) groups excluding carboxylic acids is 1. The molecule has 0 saturated heterocycles. The van der Waals surface area contributed by atoms with Gasteiger partial charge in [0.1, 0.15) is 5.78 Å². The van der Waals surface area contributed by atoms with Gasteiger partial charge in [0.15, 0.2) is 0 Å². The van der Waals surface area contributed by atoms with Crippen LogP contribution in [0.25, 0.3) is 0 Å². The first-order valence-corrected chi connectivity index (χ1v) is 9.12. The molecule has 5 saturated carbocycles. The lowest BCUT2D eigenvalue weighted by atomic mass is 9.46. The summed E-state index contributed by atoms with van der Waals surface area (Å²) in [5, 5.41) is 10.2. The van der Waals surface area contributed by atoms with E-state index in [2.05, 4.69) is 13.8 Å². The van der Waals surface area contributed by atoms with Gasteiger partial charge in [-0.05, 0) is 79.4 Å². The molecule has 0 bridgehead atoms. The number of hydrogen-bond donors (Lipinski definition) is 1. The molecule has 8 atom stereocenters. The molecule has 0 aromatic carbocycles. The maximum absolute atomic E-state index is 13.0. The Labute approximate surface area is 127 Å². The van der Waals surface area contributed by atoms with Gasteiger partial charge in [-0.1, -0.05) is 13.8 Å². The molecule has 1 N–H and O–H groups in total. The first-order chi connectivity index (χ1) is 9.91. The van der Waals surface area contributed by atoms with Crippen molar-refractivity contribution in [3.63, 3.8) is 0 Å². The number of ketones is 1. The number of aliphatic hydroxyl groups is 1. The van der Waals surface area contributed by atoms with Gasteiger partial charge in [-0.2, -0.15) is 0 Å².